The number of hydrogen-bond donors (Lipinski definition) is 0. The maximum Gasteiger partial charge on any atom is 0.248 e. The highest BCUT2D eigenvalue weighted by atomic mass is 19.3. The Morgan fingerprint density at radius 3 is 2.59 bits per heavy atom. The zero-order valence-corrected chi connectivity index (χ0v) is 14.9. The molecule has 1 saturated carbocycles. The monoisotopic (exact) mass is 381 g/mol. The van der Waals surface area contributed by atoms with Crippen LogP contribution in [0.5, 0.6) is 5.75 Å². The van der Waals surface area contributed by atoms with Gasteiger partial charge in [0.1, 0.15) is 18.5 Å². The number of rotatable bonds is 6. The van der Waals surface area contributed by atoms with Crippen molar-refractivity contribution in [1.82, 2.24) is 14.8 Å². The van der Waals surface area contributed by atoms with Crippen LogP contribution in [0.3, 0.4) is 0 Å². The summed E-state index contributed by atoms with van der Waals surface area (Å²) in [5, 5.41) is 4.16. The van der Waals surface area contributed by atoms with Crippen LogP contribution in [-0.2, 0) is 17.8 Å². The Kier molecular flexibility index (Phi) is 5.08. The highest BCUT2D eigenvalue weighted by molar-refractivity contribution is 5.35. The third-order valence-corrected chi connectivity index (χ3v) is 5.10. The molecule has 0 unspecified atom stereocenters. The molecule has 1 aliphatic heterocycles. The van der Waals surface area contributed by atoms with Crippen LogP contribution in [0.25, 0.3) is 5.82 Å². The Bertz CT molecular complexity index is 782. The van der Waals surface area contributed by atoms with Crippen molar-refractivity contribution in [3.05, 3.63) is 35.8 Å². The predicted octanol–water partition coefficient (Wildman–Crippen LogP) is 3.88. The average molecular weight is 381 g/mol. The van der Waals surface area contributed by atoms with E-state index in [-0.39, 0.29) is 24.9 Å². The first-order valence-electron chi connectivity index (χ1n) is 9.25. The van der Waals surface area contributed by atoms with Gasteiger partial charge < -0.3 is 9.47 Å². The zero-order chi connectivity index (χ0) is 18.9. The van der Waals surface area contributed by atoms with E-state index < -0.39 is 12.6 Å². The maximum atomic E-state index is 13.4. The van der Waals surface area contributed by atoms with Crippen LogP contribution >= 0.6 is 0 Å². The van der Waals surface area contributed by atoms with Gasteiger partial charge in [-0.3, -0.25) is 0 Å². The van der Waals surface area contributed by atoms with Crippen molar-refractivity contribution >= 4 is 0 Å². The summed E-state index contributed by atoms with van der Waals surface area (Å²) in [4.78, 5) is 4.61. The molecule has 2 aromatic heterocycles. The number of halogens is 3. The second-order valence-corrected chi connectivity index (χ2v) is 7.32. The molecule has 1 aliphatic carbocycles. The quantitative estimate of drug-likeness (QED) is 0.762. The highest BCUT2D eigenvalue weighted by Gasteiger charge is 2.35. The third kappa shape index (κ3) is 4.43. The van der Waals surface area contributed by atoms with Crippen molar-refractivity contribution in [2.24, 2.45) is 5.92 Å². The molecule has 2 aliphatic rings. The molecule has 4 rings (SSSR count). The van der Waals surface area contributed by atoms with Gasteiger partial charge in [-0.15, -0.1) is 0 Å². The molecule has 8 heteroatoms. The van der Waals surface area contributed by atoms with Gasteiger partial charge in [-0.05, 0) is 31.2 Å². The van der Waals surface area contributed by atoms with E-state index in [0.29, 0.717) is 49.7 Å². The largest absolute Gasteiger partial charge is 0.485 e. The minimum Gasteiger partial charge on any atom is -0.485 e. The van der Waals surface area contributed by atoms with E-state index in [9.17, 15) is 13.2 Å². The summed E-state index contributed by atoms with van der Waals surface area (Å²) in [5.41, 5.74) is 1.10. The Labute approximate surface area is 155 Å². The molecule has 0 radical (unpaired) electrons. The lowest BCUT2D eigenvalue weighted by molar-refractivity contribution is -0.0797. The summed E-state index contributed by atoms with van der Waals surface area (Å²) in [5.74, 6) is -1.20. The number of nitrogens with zero attached hydrogens (tertiary/aromatic N) is 3. The molecule has 2 aromatic rings. The minimum absolute atomic E-state index is 0.000460. The summed E-state index contributed by atoms with van der Waals surface area (Å²) >= 11 is 0. The molecule has 3 heterocycles. The van der Waals surface area contributed by atoms with Gasteiger partial charge in [-0.2, -0.15) is 5.10 Å². The summed E-state index contributed by atoms with van der Waals surface area (Å²) in [6.07, 6.45) is 3.09. The number of alkyl halides is 3. The SMILES string of the molecule is FCc1ccn(-c2cc(OC3COC3)cc(CC3CCC(F)(F)CC3)n2)n1. The summed E-state index contributed by atoms with van der Waals surface area (Å²) in [6.45, 7) is 0.433. The number of aromatic nitrogens is 3. The first-order chi connectivity index (χ1) is 13.0. The zero-order valence-electron chi connectivity index (χ0n) is 14.9. The number of hydrogen-bond acceptors (Lipinski definition) is 4. The van der Waals surface area contributed by atoms with Crippen LogP contribution in [0, 0.1) is 5.92 Å². The Hall–Kier alpha value is -2.09. The first-order valence-corrected chi connectivity index (χ1v) is 9.25. The molecule has 5 nitrogen and oxygen atoms in total. The Morgan fingerprint density at radius 1 is 1.19 bits per heavy atom. The van der Waals surface area contributed by atoms with E-state index >= 15 is 0 Å². The molecule has 0 atom stereocenters. The van der Waals surface area contributed by atoms with E-state index in [2.05, 4.69) is 10.1 Å². The summed E-state index contributed by atoms with van der Waals surface area (Å²) in [6, 6.07) is 5.21. The van der Waals surface area contributed by atoms with Crippen LogP contribution in [0.2, 0.25) is 0 Å². The fraction of sp³-hybridized carbons (Fsp3) is 0.579. The third-order valence-electron chi connectivity index (χ3n) is 5.10. The van der Waals surface area contributed by atoms with E-state index in [1.807, 2.05) is 6.07 Å². The molecule has 1 saturated heterocycles. The fourth-order valence-corrected chi connectivity index (χ4v) is 3.47. The van der Waals surface area contributed by atoms with Gasteiger partial charge in [0, 0.05) is 36.9 Å². The molecule has 0 bridgehead atoms. The van der Waals surface area contributed by atoms with Crippen molar-refractivity contribution in [1.29, 1.82) is 0 Å². The molecule has 0 aromatic carbocycles. The highest BCUT2D eigenvalue weighted by Crippen LogP contribution is 2.37. The molecule has 146 valence electrons. The number of ether oxygens (including phenoxy) is 2. The molecule has 27 heavy (non-hydrogen) atoms. The molecule has 0 spiro atoms. The topological polar surface area (TPSA) is 49.2 Å². The van der Waals surface area contributed by atoms with Gasteiger partial charge in [0.25, 0.3) is 0 Å². The fourth-order valence-electron chi connectivity index (χ4n) is 3.47. The lowest BCUT2D eigenvalue weighted by Gasteiger charge is -2.29. The average Bonchev–Trinajstić information content (AvgIpc) is 3.09. The van der Waals surface area contributed by atoms with E-state index in [4.69, 9.17) is 9.47 Å². The maximum absolute atomic E-state index is 13.4. The van der Waals surface area contributed by atoms with Crippen LogP contribution in [0.15, 0.2) is 24.4 Å². The van der Waals surface area contributed by atoms with Crippen LogP contribution in [0.1, 0.15) is 37.1 Å². The summed E-state index contributed by atoms with van der Waals surface area (Å²) in [7, 11) is 0. The van der Waals surface area contributed by atoms with Crippen LogP contribution in [0.4, 0.5) is 13.2 Å². The van der Waals surface area contributed by atoms with Crippen molar-refractivity contribution in [2.75, 3.05) is 13.2 Å². The van der Waals surface area contributed by atoms with E-state index in [0.717, 1.165) is 5.69 Å². The van der Waals surface area contributed by atoms with Crippen LogP contribution in [-0.4, -0.2) is 40.0 Å². The second kappa shape index (κ2) is 7.50. The molecular formula is C19H22F3N3O2. The molecule has 2 fully saturated rings. The normalized spacial score (nSPS) is 20.4. The number of pyridine rings is 1. The van der Waals surface area contributed by atoms with Crippen LogP contribution < -0.4 is 4.74 Å². The van der Waals surface area contributed by atoms with Gasteiger partial charge in [0.15, 0.2) is 5.82 Å². The van der Waals surface area contributed by atoms with Gasteiger partial charge in [0.05, 0.1) is 18.9 Å². The Morgan fingerprint density at radius 2 is 1.96 bits per heavy atom. The van der Waals surface area contributed by atoms with Gasteiger partial charge in [0.2, 0.25) is 5.92 Å². The van der Waals surface area contributed by atoms with Crippen molar-refractivity contribution < 1.29 is 22.6 Å². The lowest BCUT2D eigenvalue weighted by atomic mass is 9.84. The van der Waals surface area contributed by atoms with Crippen molar-refractivity contribution in [3.63, 3.8) is 0 Å². The second-order valence-electron chi connectivity index (χ2n) is 7.32. The van der Waals surface area contributed by atoms with E-state index in [1.54, 1.807) is 18.3 Å². The molecule has 0 N–H and O–H groups in total. The minimum atomic E-state index is -2.54. The van der Waals surface area contributed by atoms with Crippen molar-refractivity contribution in [3.8, 4) is 11.6 Å². The standard InChI is InChI=1S/C19H22F3N3O2/c20-10-14-3-6-25(24-14)18-9-16(27-17-11-26-12-17)8-15(23-18)7-13-1-4-19(21,22)5-2-13/h3,6,8-9,13,17H,1-2,4-5,7,10-12H2. The summed E-state index contributed by atoms with van der Waals surface area (Å²) < 4.78 is 52.2. The first kappa shape index (κ1) is 18.3. The molecular weight excluding hydrogens is 359 g/mol. The lowest BCUT2D eigenvalue weighted by Crippen LogP contribution is -2.38. The van der Waals surface area contributed by atoms with Gasteiger partial charge >= 0.3 is 0 Å². The Balaban J connectivity index is 1.55. The molecule has 0 amide bonds. The van der Waals surface area contributed by atoms with Gasteiger partial charge in [-0.25, -0.2) is 22.8 Å². The smallest absolute Gasteiger partial charge is 0.248 e. The van der Waals surface area contributed by atoms with Gasteiger partial charge in [-0.1, -0.05) is 0 Å². The predicted molar refractivity (Wildman–Crippen MR) is 92.0 cm³/mol. The van der Waals surface area contributed by atoms with E-state index in [1.165, 1.54) is 4.68 Å². The van der Waals surface area contributed by atoms with Crippen molar-refractivity contribution in [2.45, 2.75) is 50.8 Å².